The van der Waals surface area contributed by atoms with E-state index in [-0.39, 0.29) is 6.10 Å². The van der Waals surface area contributed by atoms with Crippen LogP contribution in [0.4, 0.5) is 0 Å². The summed E-state index contributed by atoms with van der Waals surface area (Å²) in [5, 5.41) is 10.3. The summed E-state index contributed by atoms with van der Waals surface area (Å²) in [6, 6.07) is 5.76. The van der Waals surface area contributed by atoms with Crippen molar-refractivity contribution in [2.24, 2.45) is 11.7 Å². The van der Waals surface area contributed by atoms with Crippen molar-refractivity contribution in [2.45, 2.75) is 32.4 Å². The Morgan fingerprint density at radius 3 is 2.65 bits per heavy atom. The third-order valence-electron chi connectivity index (χ3n) is 4.05. The van der Waals surface area contributed by atoms with Crippen molar-refractivity contribution >= 4 is 28.8 Å². The Balaban J connectivity index is 1.96. The third-order valence-corrected chi connectivity index (χ3v) is 4.63. The molecule has 1 aromatic rings. The summed E-state index contributed by atoms with van der Waals surface area (Å²) >= 11 is 11.2. The summed E-state index contributed by atoms with van der Waals surface area (Å²) in [7, 11) is 0. The maximum absolute atomic E-state index is 9.62. The van der Waals surface area contributed by atoms with Crippen LogP contribution in [0.5, 0.6) is 0 Å². The van der Waals surface area contributed by atoms with E-state index in [1.807, 2.05) is 25.1 Å². The van der Waals surface area contributed by atoms with Crippen molar-refractivity contribution in [3.8, 4) is 0 Å². The van der Waals surface area contributed by atoms with Gasteiger partial charge in [0.25, 0.3) is 0 Å². The van der Waals surface area contributed by atoms with E-state index in [4.69, 9.17) is 29.6 Å². The molecule has 1 aromatic carbocycles. The molecule has 1 saturated heterocycles. The Morgan fingerprint density at radius 2 is 2.15 bits per heavy atom. The molecule has 0 aromatic heterocycles. The lowest BCUT2D eigenvalue weighted by atomic mass is 9.92. The van der Waals surface area contributed by atoms with Crippen molar-refractivity contribution in [3.05, 3.63) is 34.3 Å². The van der Waals surface area contributed by atoms with Crippen LogP contribution < -0.4 is 5.73 Å². The van der Waals surface area contributed by atoms with Gasteiger partial charge in [0.1, 0.15) is 4.99 Å². The second-order valence-electron chi connectivity index (χ2n) is 5.52. The minimum absolute atomic E-state index is 0.203. The molecule has 0 aliphatic carbocycles. The van der Waals surface area contributed by atoms with E-state index < -0.39 is 0 Å². The molecule has 0 saturated carbocycles. The molecule has 20 heavy (non-hydrogen) atoms. The van der Waals surface area contributed by atoms with Crippen molar-refractivity contribution < 1.29 is 5.11 Å². The standard InChI is InChI=1S/C15H21ClN2OS/c1-10(19)11-4-6-18(7-5-11)9-13-3-2-12(15(17)20)8-14(13)16/h2-3,8,10-11,19H,4-7,9H2,1H3,(H2,17,20). The average Bonchev–Trinajstić information content (AvgIpc) is 2.41. The Bertz CT molecular complexity index is 485. The number of benzene rings is 1. The van der Waals surface area contributed by atoms with Gasteiger partial charge >= 0.3 is 0 Å². The molecule has 3 nitrogen and oxygen atoms in total. The number of hydrogen-bond acceptors (Lipinski definition) is 3. The average molecular weight is 313 g/mol. The summed E-state index contributed by atoms with van der Waals surface area (Å²) in [5.41, 5.74) is 7.51. The van der Waals surface area contributed by atoms with Gasteiger partial charge in [-0.25, -0.2) is 0 Å². The molecule has 0 bridgehead atoms. The zero-order chi connectivity index (χ0) is 14.7. The molecule has 3 N–H and O–H groups in total. The molecule has 1 unspecified atom stereocenters. The number of halogens is 1. The number of nitrogens with zero attached hydrogens (tertiary/aromatic N) is 1. The van der Waals surface area contributed by atoms with Gasteiger partial charge in [0, 0.05) is 17.1 Å². The molecule has 0 radical (unpaired) electrons. The van der Waals surface area contributed by atoms with Gasteiger partial charge in [-0.05, 0) is 50.4 Å². The highest BCUT2D eigenvalue weighted by atomic mass is 35.5. The molecular weight excluding hydrogens is 292 g/mol. The van der Waals surface area contributed by atoms with Crippen LogP contribution in [0.25, 0.3) is 0 Å². The molecule has 0 amide bonds. The largest absolute Gasteiger partial charge is 0.393 e. The van der Waals surface area contributed by atoms with Crippen LogP contribution in [0.2, 0.25) is 5.02 Å². The van der Waals surface area contributed by atoms with Gasteiger partial charge < -0.3 is 10.8 Å². The second-order valence-corrected chi connectivity index (χ2v) is 6.37. The summed E-state index contributed by atoms with van der Waals surface area (Å²) in [4.78, 5) is 2.75. The van der Waals surface area contributed by atoms with E-state index >= 15 is 0 Å². The first-order valence-electron chi connectivity index (χ1n) is 6.96. The minimum atomic E-state index is -0.203. The molecule has 1 aliphatic rings. The maximum Gasteiger partial charge on any atom is 0.104 e. The lowest BCUT2D eigenvalue weighted by molar-refractivity contribution is 0.0695. The molecular formula is C15H21ClN2OS. The van der Waals surface area contributed by atoms with E-state index in [2.05, 4.69) is 4.90 Å². The van der Waals surface area contributed by atoms with Crippen LogP contribution in [0, 0.1) is 5.92 Å². The van der Waals surface area contributed by atoms with Gasteiger partial charge in [0.2, 0.25) is 0 Å². The summed E-state index contributed by atoms with van der Waals surface area (Å²) < 4.78 is 0. The van der Waals surface area contributed by atoms with Crippen LogP contribution in [0.3, 0.4) is 0 Å². The van der Waals surface area contributed by atoms with Crippen molar-refractivity contribution in [1.82, 2.24) is 4.90 Å². The van der Waals surface area contributed by atoms with Gasteiger partial charge in [-0.1, -0.05) is 36.0 Å². The van der Waals surface area contributed by atoms with Crippen LogP contribution in [-0.4, -0.2) is 34.2 Å². The van der Waals surface area contributed by atoms with Gasteiger partial charge in [0.05, 0.1) is 6.10 Å². The predicted molar refractivity (Wildman–Crippen MR) is 87.0 cm³/mol. The molecule has 1 aliphatic heterocycles. The topological polar surface area (TPSA) is 49.5 Å². The first kappa shape index (κ1) is 15.7. The van der Waals surface area contributed by atoms with Crippen LogP contribution >= 0.6 is 23.8 Å². The molecule has 110 valence electrons. The fourth-order valence-corrected chi connectivity index (χ4v) is 3.03. The van der Waals surface area contributed by atoms with Crippen molar-refractivity contribution in [1.29, 1.82) is 0 Å². The van der Waals surface area contributed by atoms with Gasteiger partial charge in [0.15, 0.2) is 0 Å². The Hall–Kier alpha value is -0.680. The fraction of sp³-hybridized carbons (Fsp3) is 0.533. The van der Waals surface area contributed by atoms with E-state index in [0.717, 1.165) is 43.6 Å². The Morgan fingerprint density at radius 1 is 1.50 bits per heavy atom. The van der Waals surface area contributed by atoms with Crippen LogP contribution in [-0.2, 0) is 6.54 Å². The van der Waals surface area contributed by atoms with Crippen molar-refractivity contribution in [3.63, 3.8) is 0 Å². The SMILES string of the molecule is CC(O)C1CCN(Cc2ccc(C(N)=S)cc2Cl)CC1. The minimum Gasteiger partial charge on any atom is -0.393 e. The maximum atomic E-state index is 9.62. The predicted octanol–water partition coefficient (Wildman–Crippen LogP) is 2.57. The summed E-state index contributed by atoms with van der Waals surface area (Å²) in [6.07, 6.45) is 1.88. The number of hydrogen-bond donors (Lipinski definition) is 2. The Kier molecular flexibility index (Phi) is 5.38. The first-order valence-corrected chi connectivity index (χ1v) is 7.74. The normalized spacial score (nSPS) is 18.9. The number of thiocarbonyl (C=S) groups is 1. The highest BCUT2D eigenvalue weighted by molar-refractivity contribution is 7.80. The summed E-state index contributed by atoms with van der Waals surface area (Å²) in [5.74, 6) is 0.429. The van der Waals surface area contributed by atoms with E-state index in [0.29, 0.717) is 15.9 Å². The van der Waals surface area contributed by atoms with Crippen LogP contribution in [0.15, 0.2) is 18.2 Å². The lowest BCUT2D eigenvalue weighted by Crippen LogP contribution is -2.36. The molecule has 1 atom stereocenters. The smallest absolute Gasteiger partial charge is 0.104 e. The Labute approximate surface area is 130 Å². The van der Waals surface area contributed by atoms with E-state index in [9.17, 15) is 5.11 Å². The molecule has 5 heteroatoms. The summed E-state index contributed by atoms with van der Waals surface area (Å²) in [6.45, 7) is 4.72. The number of nitrogens with two attached hydrogens (primary N) is 1. The lowest BCUT2D eigenvalue weighted by Gasteiger charge is -2.33. The highest BCUT2D eigenvalue weighted by Gasteiger charge is 2.22. The fourth-order valence-electron chi connectivity index (χ4n) is 2.66. The van der Waals surface area contributed by atoms with Gasteiger partial charge in [-0.15, -0.1) is 0 Å². The van der Waals surface area contributed by atoms with Crippen molar-refractivity contribution in [2.75, 3.05) is 13.1 Å². The molecule has 1 fully saturated rings. The van der Waals surface area contributed by atoms with Gasteiger partial charge in [-0.3, -0.25) is 4.90 Å². The van der Waals surface area contributed by atoms with E-state index in [1.54, 1.807) is 0 Å². The number of likely N-dealkylation sites (tertiary alicyclic amines) is 1. The first-order chi connectivity index (χ1) is 9.47. The van der Waals surface area contributed by atoms with Crippen LogP contribution in [0.1, 0.15) is 30.9 Å². The molecule has 1 heterocycles. The van der Waals surface area contributed by atoms with Gasteiger partial charge in [-0.2, -0.15) is 0 Å². The third kappa shape index (κ3) is 3.92. The number of aliphatic hydroxyl groups is 1. The van der Waals surface area contributed by atoms with E-state index in [1.165, 1.54) is 0 Å². The zero-order valence-electron chi connectivity index (χ0n) is 11.7. The number of aliphatic hydroxyl groups excluding tert-OH is 1. The number of rotatable bonds is 4. The monoisotopic (exact) mass is 312 g/mol. The molecule has 0 spiro atoms. The number of piperidine rings is 1. The molecule has 2 rings (SSSR count). The highest BCUT2D eigenvalue weighted by Crippen LogP contribution is 2.24. The second kappa shape index (κ2) is 6.85. The zero-order valence-corrected chi connectivity index (χ0v) is 13.3. The quantitative estimate of drug-likeness (QED) is 0.839.